The number of hydrogen-bond acceptors (Lipinski definition) is 7. The number of rotatable bonds is 9. The summed E-state index contributed by atoms with van der Waals surface area (Å²) in [4.78, 5) is 5.96. The SMILES string of the molecule is CCN=C1C=CC(=C(c2ccc(N(CC)Cc3cccc(S(=O)(=O)[O-])c3)cc2)c2ccccc2S(=O)(=O)O)C=C1.[Na+]. The van der Waals surface area contributed by atoms with Crippen molar-refractivity contribution in [2.24, 2.45) is 4.99 Å². The summed E-state index contributed by atoms with van der Waals surface area (Å²) in [6, 6.07) is 19.8. The van der Waals surface area contributed by atoms with Crippen molar-refractivity contribution in [3.63, 3.8) is 0 Å². The van der Waals surface area contributed by atoms with Gasteiger partial charge in [-0.25, -0.2) is 8.42 Å². The van der Waals surface area contributed by atoms with Crippen molar-refractivity contribution in [1.29, 1.82) is 0 Å². The minimum atomic E-state index is -4.56. The van der Waals surface area contributed by atoms with E-state index in [0.717, 1.165) is 22.5 Å². The Kier molecular flexibility index (Phi) is 11.1. The standard InChI is InChI=1S/C30H30N2O6S2.Na/c1-3-31-25-16-12-23(13-17-25)30(28-10-5-6-11-29(28)40(36,37)38)24-14-18-26(19-15-24)32(4-2)21-22-8-7-9-27(20-22)39(33,34)35;/h5-20H,3-4,21H2,1-2H3,(H,33,34,35)(H,36,37,38);/q;+1/p-1. The molecule has 41 heavy (non-hydrogen) atoms. The Morgan fingerprint density at radius 3 is 2.12 bits per heavy atom. The maximum Gasteiger partial charge on any atom is 1.00 e. The molecule has 11 heteroatoms. The summed E-state index contributed by atoms with van der Waals surface area (Å²) < 4.78 is 68.9. The van der Waals surface area contributed by atoms with Crippen LogP contribution in [0.2, 0.25) is 0 Å². The van der Waals surface area contributed by atoms with E-state index in [1.165, 1.54) is 18.2 Å². The van der Waals surface area contributed by atoms with Gasteiger partial charge in [0.25, 0.3) is 10.1 Å². The molecular formula is C30H29N2NaO6S2. The van der Waals surface area contributed by atoms with E-state index in [4.69, 9.17) is 0 Å². The first-order valence-electron chi connectivity index (χ1n) is 12.6. The molecule has 0 amide bonds. The smallest absolute Gasteiger partial charge is 0.744 e. The van der Waals surface area contributed by atoms with E-state index in [2.05, 4.69) is 4.99 Å². The molecule has 208 valence electrons. The van der Waals surface area contributed by atoms with Crippen LogP contribution >= 0.6 is 0 Å². The maximum absolute atomic E-state index is 12.3. The van der Waals surface area contributed by atoms with Gasteiger partial charge in [0.1, 0.15) is 15.0 Å². The minimum absolute atomic E-state index is 0. The molecule has 0 heterocycles. The van der Waals surface area contributed by atoms with Crippen molar-refractivity contribution in [2.45, 2.75) is 30.2 Å². The van der Waals surface area contributed by atoms with E-state index in [-0.39, 0.29) is 39.3 Å². The normalized spacial score (nSPS) is 13.1. The van der Waals surface area contributed by atoms with Crippen molar-refractivity contribution in [1.82, 2.24) is 0 Å². The average molecular weight is 601 g/mol. The van der Waals surface area contributed by atoms with Crippen molar-refractivity contribution in [3.05, 3.63) is 119 Å². The number of anilines is 1. The van der Waals surface area contributed by atoms with Crippen LogP contribution in [0.4, 0.5) is 5.69 Å². The van der Waals surface area contributed by atoms with Crippen LogP contribution in [0.3, 0.4) is 0 Å². The van der Waals surface area contributed by atoms with Crippen LogP contribution in [-0.4, -0.2) is 44.7 Å². The Balaban J connectivity index is 0.00000462. The Bertz CT molecular complexity index is 1730. The van der Waals surface area contributed by atoms with Gasteiger partial charge < -0.3 is 9.45 Å². The molecule has 0 saturated heterocycles. The molecule has 3 aromatic rings. The molecule has 0 aliphatic heterocycles. The largest absolute Gasteiger partial charge is 1.00 e. The summed E-state index contributed by atoms with van der Waals surface area (Å²) in [5.41, 5.74) is 4.80. The third kappa shape index (κ3) is 8.14. The molecule has 1 N–H and O–H groups in total. The topological polar surface area (TPSA) is 127 Å². The fraction of sp³-hybridized carbons (Fsp3) is 0.167. The van der Waals surface area contributed by atoms with Gasteiger partial charge >= 0.3 is 29.6 Å². The summed E-state index contributed by atoms with van der Waals surface area (Å²) >= 11 is 0. The summed E-state index contributed by atoms with van der Waals surface area (Å²) in [5, 5.41) is 0. The fourth-order valence-corrected chi connectivity index (χ4v) is 5.78. The second-order valence-electron chi connectivity index (χ2n) is 9.03. The molecule has 0 aromatic heterocycles. The van der Waals surface area contributed by atoms with Crippen LogP contribution in [0, 0.1) is 0 Å². The predicted octanol–water partition coefficient (Wildman–Crippen LogP) is 2.26. The number of allylic oxidation sites excluding steroid dienone is 5. The third-order valence-corrected chi connectivity index (χ3v) is 8.14. The van der Waals surface area contributed by atoms with Crippen molar-refractivity contribution >= 4 is 37.2 Å². The van der Waals surface area contributed by atoms with Gasteiger partial charge in [0.2, 0.25) is 0 Å². The molecule has 0 radical (unpaired) electrons. The Hall–Kier alpha value is -2.83. The number of nitrogens with zero attached hydrogens (tertiary/aromatic N) is 2. The summed E-state index contributed by atoms with van der Waals surface area (Å²) in [6.07, 6.45) is 7.46. The molecule has 0 spiro atoms. The zero-order valence-corrected chi connectivity index (χ0v) is 26.7. The molecule has 0 bridgehead atoms. The van der Waals surface area contributed by atoms with Gasteiger partial charge in [-0.1, -0.05) is 54.6 Å². The van der Waals surface area contributed by atoms with Gasteiger partial charge in [0, 0.05) is 30.9 Å². The molecule has 0 fully saturated rings. The zero-order valence-electron chi connectivity index (χ0n) is 23.1. The van der Waals surface area contributed by atoms with E-state index in [1.54, 1.807) is 30.3 Å². The van der Waals surface area contributed by atoms with E-state index in [9.17, 15) is 25.9 Å². The molecule has 4 rings (SSSR count). The quantitative estimate of drug-likeness (QED) is 0.295. The van der Waals surface area contributed by atoms with Gasteiger partial charge in [-0.2, -0.15) is 8.42 Å². The summed E-state index contributed by atoms with van der Waals surface area (Å²) in [7, 11) is -9.06. The van der Waals surface area contributed by atoms with Crippen LogP contribution in [0.1, 0.15) is 30.5 Å². The van der Waals surface area contributed by atoms with Crippen molar-refractivity contribution < 1.29 is 55.5 Å². The molecule has 0 atom stereocenters. The molecular weight excluding hydrogens is 571 g/mol. The molecule has 3 aromatic carbocycles. The van der Waals surface area contributed by atoms with E-state index in [1.807, 2.05) is 67.3 Å². The monoisotopic (exact) mass is 600 g/mol. The van der Waals surface area contributed by atoms with Crippen LogP contribution in [0.15, 0.2) is 117 Å². The van der Waals surface area contributed by atoms with Crippen LogP contribution in [-0.2, 0) is 26.8 Å². The van der Waals surface area contributed by atoms with Gasteiger partial charge in [-0.05, 0) is 78.6 Å². The Labute approximate surface area is 263 Å². The second-order valence-corrected chi connectivity index (χ2v) is 11.8. The van der Waals surface area contributed by atoms with E-state index >= 15 is 0 Å². The fourth-order valence-electron chi connectivity index (χ4n) is 4.54. The Morgan fingerprint density at radius 1 is 0.878 bits per heavy atom. The molecule has 8 nitrogen and oxygen atoms in total. The first-order chi connectivity index (χ1) is 19.0. The summed E-state index contributed by atoms with van der Waals surface area (Å²) in [6.45, 7) is 5.53. The average Bonchev–Trinajstić information content (AvgIpc) is 2.93. The predicted molar refractivity (Wildman–Crippen MR) is 156 cm³/mol. The second kappa shape index (κ2) is 13.9. The third-order valence-electron chi connectivity index (χ3n) is 6.39. The molecule has 0 unspecified atom stereocenters. The van der Waals surface area contributed by atoms with Crippen LogP contribution < -0.4 is 34.5 Å². The first kappa shape index (κ1) is 32.7. The zero-order chi connectivity index (χ0) is 28.9. The van der Waals surface area contributed by atoms with Crippen molar-refractivity contribution in [2.75, 3.05) is 18.0 Å². The van der Waals surface area contributed by atoms with E-state index < -0.39 is 20.2 Å². The van der Waals surface area contributed by atoms with Gasteiger partial charge in [0.05, 0.1) is 10.6 Å². The summed E-state index contributed by atoms with van der Waals surface area (Å²) in [5.74, 6) is 0. The number of benzene rings is 3. The molecule has 1 aliphatic carbocycles. The van der Waals surface area contributed by atoms with E-state index in [0.29, 0.717) is 36.3 Å². The molecule has 0 saturated carbocycles. The Morgan fingerprint density at radius 2 is 1.54 bits per heavy atom. The van der Waals surface area contributed by atoms with Crippen molar-refractivity contribution in [3.8, 4) is 0 Å². The van der Waals surface area contributed by atoms with Gasteiger partial charge in [0.15, 0.2) is 0 Å². The van der Waals surface area contributed by atoms with Crippen LogP contribution in [0.25, 0.3) is 5.57 Å². The number of aliphatic imine (C=N–C) groups is 1. The maximum atomic E-state index is 12.3. The van der Waals surface area contributed by atoms with Gasteiger partial charge in [-0.15, -0.1) is 0 Å². The van der Waals surface area contributed by atoms with Crippen LogP contribution in [0.5, 0.6) is 0 Å². The number of hydrogen-bond donors (Lipinski definition) is 1. The molecule has 1 aliphatic rings. The van der Waals surface area contributed by atoms with Gasteiger partial charge in [-0.3, -0.25) is 9.55 Å². The minimum Gasteiger partial charge on any atom is -0.744 e. The first-order valence-corrected chi connectivity index (χ1v) is 15.5.